The van der Waals surface area contributed by atoms with Gasteiger partial charge in [0.1, 0.15) is 11.8 Å². The molecule has 3 rings (SSSR count). The van der Waals surface area contributed by atoms with Crippen LogP contribution in [-0.2, 0) is 0 Å². The van der Waals surface area contributed by atoms with Crippen molar-refractivity contribution < 1.29 is 4.42 Å². The molecule has 1 aliphatic rings. The fourth-order valence-corrected chi connectivity index (χ4v) is 2.65. The summed E-state index contributed by atoms with van der Waals surface area (Å²) < 4.78 is 5.48. The SMILES string of the molecule is NNC(c1ccco1)c1ccccc1C1CCC1. The Bertz CT molecular complexity index is 503. The molecule has 0 bridgehead atoms. The second-order valence-electron chi connectivity index (χ2n) is 4.87. The normalized spacial score (nSPS) is 17.4. The maximum Gasteiger partial charge on any atom is 0.126 e. The van der Waals surface area contributed by atoms with E-state index in [1.807, 2.05) is 12.1 Å². The van der Waals surface area contributed by atoms with Crippen molar-refractivity contribution in [3.63, 3.8) is 0 Å². The van der Waals surface area contributed by atoms with Gasteiger partial charge < -0.3 is 4.42 Å². The molecule has 3 N–H and O–H groups in total. The van der Waals surface area contributed by atoms with E-state index < -0.39 is 0 Å². The van der Waals surface area contributed by atoms with Crippen molar-refractivity contribution in [2.24, 2.45) is 5.84 Å². The number of furan rings is 1. The molecular weight excluding hydrogens is 224 g/mol. The van der Waals surface area contributed by atoms with Gasteiger partial charge in [-0.2, -0.15) is 0 Å². The monoisotopic (exact) mass is 242 g/mol. The highest BCUT2D eigenvalue weighted by Gasteiger charge is 2.26. The van der Waals surface area contributed by atoms with Gasteiger partial charge in [-0.05, 0) is 42.0 Å². The fraction of sp³-hybridized carbons (Fsp3) is 0.333. The molecular formula is C15H18N2O. The first kappa shape index (κ1) is 11.5. The fourth-order valence-electron chi connectivity index (χ4n) is 2.65. The van der Waals surface area contributed by atoms with Gasteiger partial charge in [-0.1, -0.05) is 30.7 Å². The molecule has 3 heteroatoms. The largest absolute Gasteiger partial charge is 0.467 e. The van der Waals surface area contributed by atoms with E-state index in [4.69, 9.17) is 10.3 Å². The molecule has 1 atom stereocenters. The van der Waals surface area contributed by atoms with Crippen LogP contribution in [0.25, 0.3) is 0 Å². The van der Waals surface area contributed by atoms with Gasteiger partial charge in [-0.25, -0.2) is 5.43 Å². The Morgan fingerprint density at radius 2 is 2.00 bits per heavy atom. The maximum absolute atomic E-state index is 5.71. The van der Waals surface area contributed by atoms with E-state index in [0.29, 0.717) is 5.92 Å². The van der Waals surface area contributed by atoms with E-state index in [0.717, 1.165) is 5.76 Å². The zero-order valence-electron chi connectivity index (χ0n) is 10.3. The predicted molar refractivity (Wildman–Crippen MR) is 70.9 cm³/mol. The first-order valence-electron chi connectivity index (χ1n) is 6.48. The van der Waals surface area contributed by atoms with Crippen LogP contribution in [0.4, 0.5) is 0 Å². The van der Waals surface area contributed by atoms with Crippen molar-refractivity contribution in [1.29, 1.82) is 0 Å². The summed E-state index contributed by atoms with van der Waals surface area (Å²) in [7, 11) is 0. The van der Waals surface area contributed by atoms with Crippen LogP contribution in [0.1, 0.15) is 48.1 Å². The van der Waals surface area contributed by atoms with Gasteiger partial charge >= 0.3 is 0 Å². The topological polar surface area (TPSA) is 51.2 Å². The molecule has 18 heavy (non-hydrogen) atoms. The number of nitrogens with two attached hydrogens (primary N) is 1. The molecule has 1 aromatic carbocycles. The van der Waals surface area contributed by atoms with Gasteiger partial charge in [0.05, 0.1) is 6.26 Å². The standard InChI is InChI=1S/C15H18N2O/c16-17-15(14-9-4-10-18-14)13-8-2-1-7-12(13)11-5-3-6-11/h1-2,4,7-11,15,17H,3,5-6,16H2. The van der Waals surface area contributed by atoms with Gasteiger partial charge in [-0.3, -0.25) is 5.84 Å². The lowest BCUT2D eigenvalue weighted by atomic mass is 9.77. The van der Waals surface area contributed by atoms with Crippen molar-refractivity contribution in [2.45, 2.75) is 31.2 Å². The van der Waals surface area contributed by atoms with Crippen LogP contribution >= 0.6 is 0 Å². The van der Waals surface area contributed by atoms with Crippen LogP contribution in [0.15, 0.2) is 47.1 Å². The first-order chi connectivity index (χ1) is 8.90. The Hall–Kier alpha value is -1.58. The summed E-state index contributed by atoms with van der Waals surface area (Å²) in [6.07, 6.45) is 5.59. The lowest BCUT2D eigenvalue weighted by Gasteiger charge is -2.29. The molecule has 0 radical (unpaired) electrons. The smallest absolute Gasteiger partial charge is 0.126 e. The van der Waals surface area contributed by atoms with E-state index in [9.17, 15) is 0 Å². The van der Waals surface area contributed by atoms with Crippen molar-refractivity contribution in [3.05, 3.63) is 59.5 Å². The summed E-state index contributed by atoms with van der Waals surface area (Å²) in [5.41, 5.74) is 5.51. The van der Waals surface area contributed by atoms with Gasteiger partial charge in [0.25, 0.3) is 0 Å². The molecule has 0 saturated heterocycles. The second kappa shape index (κ2) is 4.96. The Kier molecular flexibility index (Phi) is 3.17. The average molecular weight is 242 g/mol. The Morgan fingerprint density at radius 3 is 2.61 bits per heavy atom. The predicted octanol–water partition coefficient (Wildman–Crippen LogP) is 3.10. The van der Waals surface area contributed by atoms with Crippen LogP contribution in [0.3, 0.4) is 0 Å². The lowest BCUT2D eigenvalue weighted by molar-refractivity contribution is 0.406. The summed E-state index contributed by atoms with van der Waals surface area (Å²) in [5.74, 6) is 7.27. The molecule has 1 aliphatic carbocycles. The minimum absolute atomic E-state index is 0.0585. The van der Waals surface area contributed by atoms with Crippen molar-refractivity contribution in [2.75, 3.05) is 0 Å². The number of hydrogen-bond acceptors (Lipinski definition) is 3. The Morgan fingerprint density at radius 1 is 1.17 bits per heavy atom. The van der Waals surface area contributed by atoms with E-state index in [2.05, 4.69) is 29.7 Å². The molecule has 1 unspecified atom stereocenters. The van der Waals surface area contributed by atoms with Gasteiger partial charge in [0.2, 0.25) is 0 Å². The highest BCUT2D eigenvalue weighted by molar-refractivity contribution is 5.37. The third-order valence-electron chi connectivity index (χ3n) is 3.85. The number of benzene rings is 1. The van der Waals surface area contributed by atoms with Gasteiger partial charge in [-0.15, -0.1) is 0 Å². The molecule has 0 amide bonds. The molecule has 1 heterocycles. The Balaban J connectivity index is 1.99. The van der Waals surface area contributed by atoms with Crippen LogP contribution in [0.5, 0.6) is 0 Å². The van der Waals surface area contributed by atoms with Crippen molar-refractivity contribution in [1.82, 2.24) is 5.43 Å². The third kappa shape index (κ3) is 1.96. The van der Waals surface area contributed by atoms with Crippen LogP contribution in [0.2, 0.25) is 0 Å². The van der Waals surface area contributed by atoms with Gasteiger partial charge in [0, 0.05) is 0 Å². The third-order valence-corrected chi connectivity index (χ3v) is 3.85. The van der Waals surface area contributed by atoms with Crippen molar-refractivity contribution in [3.8, 4) is 0 Å². The van der Waals surface area contributed by atoms with Crippen LogP contribution < -0.4 is 11.3 Å². The molecule has 1 aromatic heterocycles. The number of hydrogen-bond donors (Lipinski definition) is 2. The highest BCUT2D eigenvalue weighted by Crippen LogP contribution is 2.40. The molecule has 1 fully saturated rings. The first-order valence-corrected chi connectivity index (χ1v) is 6.48. The van der Waals surface area contributed by atoms with E-state index >= 15 is 0 Å². The highest BCUT2D eigenvalue weighted by atomic mass is 16.3. The quantitative estimate of drug-likeness (QED) is 0.640. The zero-order chi connectivity index (χ0) is 12.4. The van der Waals surface area contributed by atoms with Crippen molar-refractivity contribution >= 4 is 0 Å². The molecule has 1 saturated carbocycles. The van der Waals surface area contributed by atoms with E-state index in [1.54, 1.807) is 6.26 Å². The summed E-state index contributed by atoms with van der Waals surface area (Å²) in [6.45, 7) is 0. The van der Waals surface area contributed by atoms with E-state index in [1.165, 1.54) is 30.4 Å². The van der Waals surface area contributed by atoms with Crippen LogP contribution in [0, 0.1) is 0 Å². The summed E-state index contributed by atoms with van der Waals surface area (Å²) in [5, 5.41) is 0. The minimum atomic E-state index is -0.0585. The van der Waals surface area contributed by atoms with Crippen LogP contribution in [-0.4, -0.2) is 0 Å². The molecule has 2 aromatic rings. The zero-order valence-corrected chi connectivity index (χ0v) is 10.3. The number of hydrazine groups is 1. The second-order valence-corrected chi connectivity index (χ2v) is 4.87. The molecule has 3 nitrogen and oxygen atoms in total. The number of nitrogens with one attached hydrogen (secondary N) is 1. The summed E-state index contributed by atoms with van der Waals surface area (Å²) in [4.78, 5) is 0. The molecule has 0 aliphatic heterocycles. The summed E-state index contributed by atoms with van der Waals surface area (Å²) in [6, 6.07) is 12.3. The average Bonchev–Trinajstić information content (AvgIpc) is 2.84. The summed E-state index contributed by atoms with van der Waals surface area (Å²) >= 11 is 0. The molecule has 0 spiro atoms. The number of rotatable bonds is 4. The minimum Gasteiger partial charge on any atom is -0.467 e. The Labute approximate surface area is 107 Å². The lowest BCUT2D eigenvalue weighted by Crippen LogP contribution is -2.30. The van der Waals surface area contributed by atoms with Gasteiger partial charge in [0.15, 0.2) is 0 Å². The van der Waals surface area contributed by atoms with E-state index in [-0.39, 0.29) is 6.04 Å². The molecule has 94 valence electrons. The maximum atomic E-state index is 5.71.